The molecule has 1 aromatic carbocycles. The molecule has 1 atom stereocenters. The molecule has 0 N–H and O–H groups in total. The van der Waals surface area contributed by atoms with E-state index in [2.05, 4.69) is 15.1 Å². The van der Waals surface area contributed by atoms with E-state index < -0.39 is 0 Å². The predicted octanol–water partition coefficient (Wildman–Crippen LogP) is 2.33. The summed E-state index contributed by atoms with van der Waals surface area (Å²) in [5.74, 6) is 1.10. The molecule has 5 heteroatoms. The van der Waals surface area contributed by atoms with Gasteiger partial charge in [-0.2, -0.15) is 0 Å². The zero-order valence-corrected chi connectivity index (χ0v) is 9.56. The zero-order valence-electron chi connectivity index (χ0n) is 9.56. The van der Waals surface area contributed by atoms with Crippen molar-refractivity contribution in [3.8, 4) is 5.75 Å². The third-order valence-electron chi connectivity index (χ3n) is 2.59. The van der Waals surface area contributed by atoms with Gasteiger partial charge in [0.15, 0.2) is 11.9 Å². The zero-order chi connectivity index (χ0) is 12.2. The number of hydrogen-bond acceptors (Lipinski definition) is 5. The monoisotopic (exact) mass is 241 g/mol. The first-order chi connectivity index (χ1) is 8.92. The lowest BCUT2D eigenvalue weighted by molar-refractivity contribution is 0.0855. The maximum Gasteiger partial charge on any atom is 0.235 e. The predicted molar refractivity (Wildman–Crippen MR) is 65.0 cm³/mol. The molecule has 2 aromatic rings. The van der Waals surface area contributed by atoms with Gasteiger partial charge in [-0.25, -0.2) is 9.97 Å². The Bertz CT molecular complexity index is 543. The molecule has 0 spiro atoms. The van der Waals surface area contributed by atoms with Crippen molar-refractivity contribution in [1.29, 1.82) is 0 Å². The molecule has 5 nitrogen and oxygen atoms in total. The third kappa shape index (κ3) is 2.29. The van der Waals surface area contributed by atoms with Gasteiger partial charge < -0.3 is 9.57 Å². The number of ether oxygens (including phenoxy) is 1. The Morgan fingerprint density at radius 1 is 1.11 bits per heavy atom. The average Bonchev–Trinajstić information content (AvgIpc) is 2.89. The molecule has 0 saturated carbocycles. The molecule has 2 heterocycles. The molecule has 0 fully saturated rings. The summed E-state index contributed by atoms with van der Waals surface area (Å²) in [5.41, 5.74) is 1.09. The summed E-state index contributed by atoms with van der Waals surface area (Å²) < 4.78 is 5.53. The van der Waals surface area contributed by atoms with Crippen molar-refractivity contribution in [1.82, 2.24) is 9.97 Å². The molecule has 3 rings (SSSR count). The SMILES string of the molecule is c1ccc([C@H]2CC(Oc3cncnc3)=NO2)cc1. The summed E-state index contributed by atoms with van der Waals surface area (Å²) in [5, 5.41) is 3.93. The summed E-state index contributed by atoms with van der Waals surface area (Å²) in [6.07, 6.45) is 5.16. The second-order valence-electron chi connectivity index (χ2n) is 3.87. The second kappa shape index (κ2) is 4.83. The average molecular weight is 241 g/mol. The first-order valence-electron chi connectivity index (χ1n) is 5.62. The largest absolute Gasteiger partial charge is 0.436 e. The maximum absolute atomic E-state index is 5.53. The van der Waals surface area contributed by atoms with Gasteiger partial charge >= 0.3 is 0 Å². The Balaban J connectivity index is 1.65. The van der Waals surface area contributed by atoms with Crippen LogP contribution in [0.2, 0.25) is 0 Å². The minimum Gasteiger partial charge on any atom is -0.436 e. The number of benzene rings is 1. The van der Waals surface area contributed by atoms with Gasteiger partial charge in [-0.15, -0.1) is 0 Å². The fourth-order valence-electron chi connectivity index (χ4n) is 1.74. The Hall–Kier alpha value is -2.43. The first-order valence-corrected chi connectivity index (χ1v) is 5.62. The molecule has 0 amide bonds. The van der Waals surface area contributed by atoms with Crippen molar-refractivity contribution < 1.29 is 9.57 Å². The lowest BCUT2D eigenvalue weighted by atomic mass is 10.1. The minimum atomic E-state index is -0.0779. The van der Waals surface area contributed by atoms with Crippen molar-refractivity contribution in [2.24, 2.45) is 5.16 Å². The molecule has 90 valence electrons. The Morgan fingerprint density at radius 3 is 2.67 bits per heavy atom. The summed E-state index contributed by atoms with van der Waals surface area (Å²) in [7, 11) is 0. The summed E-state index contributed by atoms with van der Waals surface area (Å²) in [6.45, 7) is 0. The fraction of sp³-hybridized carbons (Fsp3) is 0.154. The highest BCUT2D eigenvalue weighted by atomic mass is 16.7. The molecule has 0 unspecified atom stereocenters. The van der Waals surface area contributed by atoms with Crippen LogP contribution in [0.3, 0.4) is 0 Å². The van der Waals surface area contributed by atoms with Crippen molar-refractivity contribution in [2.75, 3.05) is 0 Å². The van der Waals surface area contributed by atoms with Crippen molar-refractivity contribution in [3.63, 3.8) is 0 Å². The van der Waals surface area contributed by atoms with Crippen LogP contribution in [-0.2, 0) is 4.84 Å². The lowest BCUT2D eigenvalue weighted by Crippen LogP contribution is -2.07. The maximum atomic E-state index is 5.53. The van der Waals surface area contributed by atoms with E-state index in [0.717, 1.165) is 5.56 Å². The van der Waals surface area contributed by atoms with Crippen LogP contribution >= 0.6 is 0 Å². The molecule has 18 heavy (non-hydrogen) atoms. The molecule has 0 saturated heterocycles. The van der Waals surface area contributed by atoms with Gasteiger partial charge in [-0.1, -0.05) is 35.5 Å². The quantitative estimate of drug-likeness (QED) is 0.809. The van der Waals surface area contributed by atoms with Gasteiger partial charge in [0.05, 0.1) is 18.8 Å². The van der Waals surface area contributed by atoms with E-state index in [1.54, 1.807) is 12.4 Å². The van der Waals surface area contributed by atoms with Crippen molar-refractivity contribution >= 4 is 5.90 Å². The molecular formula is C13H11N3O2. The molecule has 1 aliphatic rings. The molecule has 0 bridgehead atoms. The van der Waals surface area contributed by atoms with Gasteiger partial charge in [-0.3, -0.25) is 0 Å². The number of nitrogens with zero attached hydrogens (tertiary/aromatic N) is 3. The Kier molecular flexibility index (Phi) is 2.87. The van der Waals surface area contributed by atoms with E-state index in [9.17, 15) is 0 Å². The molecular weight excluding hydrogens is 230 g/mol. The molecule has 0 radical (unpaired) electrons. The van der Waals surface area contributed by atoms with E-state index in [0.29, 0.717) is 18.1 Å². The van der Waals surface area contributed by atoms with Crippen LogP contribution in [0.4, 0.5) is 0 Å². The van der Waals surface area contributed by atoms with Crippen molar-refractivity contribution in [2.45, 2.75) is 12.5 Å². The van der Waals surface area contributed by atoms with Crippen LogP contribution < -0.4 is 4.74 Å². The van der Waals surface area contributed by atoms with Crippen LogP contribution in [-0.4, -0.2) is 15.9 Å². The van der Waals surface area contributed by atoms with Crippen LogP contribution in [0.25, 0.3) is 0 Å². The highest BCUT2D eigenvalue weighted by Gasteiger charge is 2.24. The van der Waals surface area contributed by atoms with Crippen LogP contribution in [0.5, 0.6) is 5.75 Å². The van der Waals surface area contributed by atoms with E-state index in [1.807, 2.05) is 30.3 Å². The smallest absolute Gasteiger partial charge is 0.235 e. The molecule has 0 aliphatic carbocycles. The summed E-state index contributed by atoms with van der Waals surface area (Å²) in [6, 6.07) is 9.94. The normalized spacial score (nSPS) is 18.0. The Labute approximate surface area is 104 Å². The number of oxime groups is 1. The van der Waals surface area contributed by atoms with Crippen LogP contribution in [0.1, 0.15) is 18.1 Å². The van der Waals surface area contributed by atoms with Crippen molar-refractivity contribution in [3.05, 3.63) is 54.6 Å². The third-order valence-corrected chi connectivity index (χ3v) is 2.59. The van der Waals surface area contributed by atoms with Crippen LogP contribution in [0, 0.1) is 0 Å². The second-order valence-corrected chi connectivity index (χ2v) is 3.87. The van der Waals surface area contributed by atoms with Gasteiger partial charge in [0.2, 0.25) is 5.90 Å². The molecule has 1 aliphatic heterocycles. The minimum absolute atomic E-state index is 0.0779. The summed E-state index contributed by atoms with van der Waals surface area (Å²) in [4.78, 5) is 13.1. The number of rotatable bonds is 2. The van der Waals surface area contributed by atoms with Gasteiger partial charge in [-0.05, 0) is 5.56 Å². The van der Waals surface area contributed by atoms with Gasteiger partial charge in [0.25, 0.3) is 0 Å². The number of aromatic nitrogens is 2. The first kappa shape index (κ1) is 10.7. The summed E-state index contributed by atoms with van der Waals surface area (Å²) >= 11 is 0. The Morgan fingerprint density at radius 2 is 1.89 bits per heavy atom. The van der Waals surface area contributed by atoms with Crippen LogP contribution in [0.15, 0.2) is 54.2 Å². The van der Waals surface area contributed by atoms with Gasteiger partial charge in [0.1, 0.15) is 6.33 Å². The van der Waals surface area contributed by atoms with E-state index >= 15 is 0 Å². The standard InChI is InChI=1S/C13H11N3O2/c1-2-4-10(5-3-1)12-6-13(16-18-12)17-11-7-14-9-15-8-11/h1-5,7-9,12H,6H2/t12-/m1/s1. The topological polar surface area (TPSA) is 56.6 Å². The van der Waals surface area contributed by atoms with E-state index in [-0.39, 0.29) is 6.10 Å². The highest BCUT2D eigenvalue weighted by Crippen LogP contribution is 2.27. The van der Waals surface area contributed by atoms with E-state index in [1.165, 1.54) is 6.33 Å². The number of hydrogen-bond donors (Lipinski definition) is 0. The fourth-order valence-corrected chi connectivity index (χ4v) is 1.74. The molecule has 1 aromatic heterocycles. The highest BCUT2D eigenvalue weighted by molar-refractivity contribution is 5.79. The van der Waals surface area contributed by atoms with E-state index in [4.69, 9.17) is 9.57 Å². The van der Waals surface area contributed by atoms with Gasteiger partial charge in [0, 0.05) is 0 Å². The lowest BCUT2D eigenvalue weighted by Gasteiger charge is -2.07.